The van der Waals surface area contributed by atoms with Gasteiger partial charge in [0.15, 0.2) is 0 Å². The van der Waals surface area contributed by atoms with Gasteiger partial charge in [0.25, 0.3) is 0 Å². The van der Waals surface area contributed by atoms with Crippen LogP contribution in [0.3, 0.4) is 0 Å². The summed E-state index contributed by atoms with van der Waals surface area (Å²) < 4.78 is 5.50. The Labute approximate surface area is 168 Å². The van der Waals surface area contributed by atoms with Crippen molar-refractivity contribution in [1.82, 2.24) is 0 Å². The number of rotatable bonds is 7. The van der Waals surface area contributed by atoms with Crippen LogP contribution < -0.4 is 9.64 Å². The topological polar surface area (TPSA) is 29.5 Å². The van der Waals surface area contributed by atoms with E-state index in [0.29, 0.717) is 12.3 Å². The first-order valence-corrected chi connectivity index (χ1v) is 10.3. The summed E-state index contributed by atoms with van der Waals surface area (Å²) in [6.45, 7) is 10.6. The quantitative estimate of drug-likeness (QED) is 0.556. The van der Waals surface area contributed by atoms with Crippen LogP contribution in [0, 0.1) is 13.8 Å². The largest absolute Gasteiger partial charge is 0.496 e. The Balaban J connectivity index is 2.33. The lowest BCUT2D eigenvalue weighted by Gasteiger charge is -2.20. The van der Waals surface area contributed by atoms with Gasteiger partial charge in [-0.2, -0.15) is 0 Å². The first kappa shape index (κ1) is 21.4. The fourth-order valence-corrected chi connectivity index (χ4v) is 4.15. The van der Waals surface area contributed by atoms with E-state index in [1.54, 1.807) is 23.8 Å². The number of amides is 1. The molecular formula is C23H31NO2S. The summed E-state index contributed by atoms with van der Waals surface area (Å²) in [5, 5.41) is 0. The second kappa shape index (κ2) is 9.32. The molecule has 0 fully saturated rings. The van der Waals surface area contributed by atoms with Crippen LogP contribution in [0.4, 0.5) is 5.69 Å². The summed E-state index contributed by atoms with van der Waals surface area (Å²) in [7, 11) is 3.58. The summed E-state index contributed by atoms with van der Waals surface area (Å²) in [6.07, 6.45) is 1.44. The zero-order valence-corrected chi connectivity index (χ0v) is 18.4. The van der Waals surface area contributed by atoms with Crippen molar-refractivity contribution >= 4 is 23.4 Å². The Hall–Kier alpha value is -1.94. The van der Waals surface area contributed by atoms with Crippen LogP contribution >= 0.6 is 11.8 Å². The minimum Gasteiger partial charge on any atom is -0.496 e. The first-order valence-electron chi connectivity index (χ1n) is 9.52. The number of anilines is 1. The van der Waals surface area contributed by atoms with Crippen molar-refractivity contribution in [2.45, 2.75) is 63.2 Å². The molecule has 27 heavy (non-hydrogen) atoms. The second-order valence-electron chi connectivity index (χ2n) is 7.27. The van der Waals surface area contributed by atoms with E-state index in [-0.39, 0.29) is 5.91 Å². The molecule has 0 radical (unpaired) electrons. The average Bonchev–Trinajstić information content (AvgIpc) is 2.63. The summed E-state index contributed by atoms with van der Waals surface area (Å²) in [4.78, 5) is 16.4. The van der Waals surface area contributed by atoms with Gasteiger partial charge in [-0.05, 0) is 73.2 Å². The van der Waals surface area contributed by atoms with E-state index in [2.05, 4.69) is 52.0 Å². The minimum absolute atomic E-state index is 0.161. The molecule has 0 N–H and O–H groups in total. The monoisotopic (exact) mass is 385 g/mol. The Morgan fingerprint density at radius 3 is 2.30 bits per heavy atom. The molecule has 0 bridgehead atoms. The summed E-state index contributed by atoms with van der Waals surface area (Å²) >= 11 is 1.77. The number of carbonyl (C=O) groups excluding carboxylic acids is 1. The summed E-state index contributed by atoms with van der Waals surface area (Å²) in [5.41, 5.74) is 4.56. The molecule has 4 heteroatoms. The first-order chi connectivity index (χ1) is 12.8. The average molecular weight is 386 g/mol. The standard InChI is InChI=1S/C23H31NO2S/c1-8-9-22(25)24(6)18-12-16(4)23(17(5)13-18)27-19-10-11-21(26-7)20(14-19)15(2)3/h10-15H,8-9H2,1-7H3. The van der Waals surface area contributed by atoms with Crippen molar-refractivity contribution in [2.75, 3.05) is 19.1 Å². The molecular weight excluding hydrogens is 354 g/mol. The van der Waals surface area contributed by atoms with Crippen molar-refractivity contribution in [1.29, 1.82) is 0 Å². The number of ether oxygens (including phenoxy) is 1. The maximum atomic E-state index is 12.2. The number of aryl methyl sites for hydroxylation is 2. The Morgan fingerprint density at radius 1 is 1.15 bits per heavy atom. The number of benzene rings is 2. The van der Waals surface area contributed by atoms with Gasteiger partial charge in [-0.3, -0.25) is 4.79 Å². The lowest BCUT2D eigenvalue weighted by Crippen LogP contribution is -2.25. The molecule has 2 rings (SSSR count). The number of nitrogens with zero attached hydrogens (tertiary/aromatic N) is 1. The van der Waals surface area contributed by atoms with E-state index in [4.69, 9.17) is 4.74 Å². The zero-order chi connectivity index (χ0) is 20.1. The van der Waals surface area contributed by atoms with E-state index in [9.17, 15) is 4.79 Å². The summed E-state index contributed by atoms with van der Waals surface area (Å²) in [6, 6.07) is 10.6. The van der Waals surface area contributed by atoms with Crippen molar-refractivity contribution in [3.8, 4) is 5.75 Å². The fourth-order valence-electron chi connectivity index (χ4n) is 3.15. The SMILES string of the molecule is CCCC(=O)N(C)c1cc(C)c(Sc2ccc(OC)c(C(C)C)c2)c(C)c1. The van der Waals surface area contributed by atoms with E-state index in [1.807, 2.05) is 20.0 Å². The molecule has 0 spiro atoms. The molecule has 0 aliphatic carbocycles. The molecule has 0 saturated heterocycles. The van der Waals surface area contributed by atoms with Crippen LogP contribution in [0.2, 0.25) is 0 Å². The number of hydrogen-bond acceptors (Lipinski definition) is 3. The molecule has 2 aromatic carbocycles. The highest BCUT2D eigenvalue weighted by Crippen LogP contribution is 2.38. The van der Waals surface area contributed by atoms with Gasteiger partial charge in [0.05, 0.1) is 7.11 Å². The van der Waals surface area contributed by atoms with Crippen LogP contribution in [-0.2, 0) is 4.79 Å². The van der Waals surface area contributed by atoms with Crippen molar-refractivity contribution in [2.24, 2.45) is 0 Å². The minimum atomic E-state index is 0.161. The van der Waals surface area contributed by atoms with Gasteiger partial charge in [0.1, 0.15) is 5.75 Å². The van der Waals surface area contributed by atoms with Gasteiger partial charge in [0, 0.05) is 28.9 Å². The van der Waals surface area contributed by atoms with E-state index in [1.165, 1.54) is 26.5 Å². The normalized spacial score (nSPS) is 11.0. The third-order valence-electron chi connectivity index (χ3n) is 4.71. The molecule has 0 unspecified atom stereocenters. The molecule has 146 valence electrons. The molecule has 0 aromatic heterocycles. The maximum Gasteiger partial charge on any atom is 0.226 e. The predicted molar refractivity (Wildman–Crippen MR) is 115 cm³/mol. The lowest BCUT2D eigenvalue weighted by molar-refractivity contribution is -0.118. The van der Waals surface area contributed by atoms with Gasteiger partial charge in [-0.1, -0.05) is 32.5 Å². The van der Waals surface area contributed by atoms with Crippen molar-refractivity contribution < 1.29 is 9.53 Å². The third kappa shape index (κ3) is 5.07. The van der Waals surface area contributed by atoms with E-state index < -0.39 is 0 Å². The maximum absolute atomic E-state index is 12.2. The van der Waals surface area contributed by atoms with Crippen LogP contribution in [0.1, 0.15) is 56.2 Å². The van der Waals surface area contributed by atoms with Gasteiger partial charge >= 0.3 is 0 Å². The third-order valence-corrected chi connectivity index (χ3v) is 6.05. The van der Waals surface area contributed by atoms with Crippen molar-refractivity contribution in [3.63, 3.8) is 0 Å². The Kier molecular flexibility index (Phi) is 7.37. The highest BCUT2D eigenvalue weighted by atomic mass is 32.2. The highest BCUT2D eigenvalue weighted by molar-refractivity contribution is 7.99. The van der Waals surface area contributed by atoms with E-state index in [0.717, 1.165) is 17.9 Å². The molecule has 0 saturated carbocycles. The predicted octanol–water partition coefficient (Wildman–Crippen LogP) is 6.35. The number of methoxy groups -OCH3 is 1. The van der Waals surface area contributed by atoms with Gasteiger partial charge in [0.2, 0.25) is 5.91 Å². The second-order valence-corrected chi connectivity index (χ2v) is 8.36. The van der Waals surface area contributed by atoms with Gasteiger partial charge in [-0.15, -0.1) is 0 Å². The molecule has 0 heterocycles. The smallest absolute Gasteiger partial charge is 0.226 e. The van der Waals surface area contributed by atoms with Crippen LogP contribution in [0.25, 0.3) is 0 Å². The van der Waals surface area contributed by atoms with E-state index >= 15 is 0 Å². The lowest BCUT2D eigenvalue weighted by atomic mass is 10.0. The van der Waals surface area contributed by atoms with Gasteiger partial charge < -0.3 is 9.64 Å². The molecule has 3 nitrogen and oxygen atoms in total. The van der Waals surface area contributed by atoms with Gasteiger partial charge in [-0.25, -0.2) is 0 Å². The Morgan fingerprint density at radius 2 is 1.78 bits per heavy atom. The molecule has 0 atom stereocenters. The van der Waals surface area contributed by atoms with Crippen molar-refractivity contribution in [3.05, 3.63) is 47.0 Å². The number of carbonyl (C=O) groups is 1. The molecule has 2 aromatic rings. The molecule has 1 amide bonds. The number of hydrogen-bond donors (Lipinski definition) is 0. The summed E-state index contributed by atoms with van der Waals surface area (Å²) in [5.74, 6) is 1.51. The molecule has 0 aliphatic rings. The zero-order valence-electron chi connectivity index (χ0n) is 17.6. The Bertz CT molecular complexity index is 791. The van der Waals surface area contributed by atoms with Crippen LogP contribution in [0.5, 0.6) is 5.75 Å². The van der Waals surface area contributed by atoms with Crippen LogP contribution in [-0.4, -0.2) is 20.1 Å². The fraction of sp³-hybridized carbons (Fsp3) is 0.435. The van der Waals surface area contributed by atoms with Crippen LogP contribution in [0.15, 0.2) is 40.1 Å². The highest BCUT2D eigenvalue weighted by Gasteiger charge is 2.15. The molecule has 0 aliphatic heterocycles.